The van der Waals surface area contributed by atoms with E-state index in [0.29, 0.717) is 24.5 Å². The maximum absolute atomic E-state index is 12.2. The average molecular weight is 273 g/mol. The Kier molecular flexibility index (Phi) is 3.64. The van der Waals surface area contributed by atoms with Crippen LogP contribution in [0.15, 0.2) is 18.3 Å². The highest BCUT2D eigenvalue weighted by Crippen LogP contribution is 2.11. The summed E-state index contributed by atoms with van der Waals surface area (Å²) in [5, 5.41) is 3.28. The van der Waals surface area contributed by atoms with E-state index >= 15 is 0 Å². The van der Waals surface area contributed by atoms with Gasteiger partial charge in [-0.1, -0.05) is 0 Å². The summed E-state index contributed by atoms with van der Waals surface area (Å²) >= 11 is 0. The van der Waals surface area contributed by atoms with E-state index in [1.807, 2.05) is 24.1 Å². The molecule has 1 saturated heterocycles. The average Bonchev–Trinajstić information content (AvgIpc) is 3.12. The minimum Gasteiger partial charge on any atom is -0.341 e. The van der Waals surface area contributed by atoms with E-state index in [4.69, 9.17) is 0 Å². The van der Waals surface area contributed by atoms with Crippen molar-refractivity contribution in [3.05, 3.63) is 24.2 Å². The van der Waals surface area contributed by atoms with Gasteiger partial charge in [0.25, 0.3) is 0 Å². The number of likely N-dealkylation sites (N-methyl/N-ethyl adjacent to an activating group) is 1. The molecule has 1 amide bonds. The lowest BCUT2D eigenvalue weighted by Gasteiger charge is -2.23. The van der Waals surface area contributed by atoms with Gasteiger partial charge in [-0.05, 0) is 25.1 Å². The highest BCUT2D eigenvalue weighted by molar-refractivity contribution is 5.76. The molecule has 3 heterocycles. The monoisotopic (exact) mass is 273 g/mol. The third-order valence-corrected chi connectivity index (χ3v) is 3.86. The number of nitrogens with zero attached hydrogens (tertiary/aromatic N) is 3. The van der Waals surface area contributed by atoms with Crippen molar-refractivity contribution in [3.8, 4) is 0 Å². The second-order valence-electron chi connectivity index (χ2n) is 5.21. The fraction of sp³-hybridized carbons (Fsp3) is 0.500. The second-order valence-corrected chi connectivity index (χ2v) is 5.21. The normalized spacial score (nSPS) is 18.6. The maximum atomic E-state index is 12.2. The summed E-state index contributed by atoms with van der Waals surface area (Å²) in [6.07, 6.45) is 3.86. The highest BCUT2D eigenvalue weighted by atomic mass is 16.2. The van der Waals surface area contributed by atoms with Gasteiger partial charge in [-0.3, -0.25) is 4.79 Å². The number of amides is 1. The molecule has 1 aliphatic heterocycles. The summed E-state index contributed by atoms with van der Waals surface area (Å²) in [5.41, 5.74) is 1.63. The van der Waals surface area contributed by atoms with Crippen LogP contribution in [0.25, 0.3) is 11.2 Å². The molecule has 6 nitrogen and oxygen atoms in total. The number of pyridine rings is 1. The van der Waals surface area contributed by atoms with Crippen LogP contribution in [0, 0.1) is 0 Å². The van der Waals surface area contributed by atoms with Crippen molar-refractivity contribution >= 4 is 17.1 Å². The predicted octanol–water partition coefficient (Wildman–Crippen LogP) is 0.711. The molecule has 20 heavy (non-hydrogen) atoms. The smallest absolute Gasteiger partial charge is 0.223 e. The summed E-state index contributed by atoms with van der Waals surface area (Å²) in [6.45, 7) is 1.90. The van der Waals surface area contributed by atoms with Crippen LogP contribution in [-0.2, 0) is 11.2 Å². The van der Waals surface area contributed by atoms with Gasteiger partial charge in [-0.15, -0.1) is 0 Å². The summed E-state index contributed by atoms with van der Waals surface area (Å²) in [7, 11) is 1.89. The number of hydrogen-bond acceptors (Lipinski definition) is 4. The lowest BCUT2D eigenvalue weighted by atomic mass is 10.2. The Bertz CT molecular complexity index is 569. The minimum atomic E-state index is 0.173. The number of carbonyl (C=O) groups is 1. The number of aryl methyl sites for hydroxylation is 1. The summed E-state index contributed by atoms with van der Waals surface area (Å²) < 4.78 is 0. The van der Waals surface area contributed by atoms with E-state index in [2.05, 4.69) is 20.3 Å². The zero-order valence-electron chi connectivity index (χ0n) is 11.6. The number of carbonyl (C=O) groups excluding carboxylic acids is 1. The van der Waals surface area contributed by atoms with Crippen LogP contribution < -0.4 is 5.32 Å². The van der Waals surface area contributed by atoms with Gasteiger partial charge in [0.1, 0.15) is 5.82 Å². The second kappa shape index (κ2) is 5.58. The Morgan fingerprint density at radius 1 is 1.55 bits per heavy atom. The number of imidazole rings is 1. The Morgan fingerprint density at radius 2 is 2.45 bits per heavy atom. The maximum Gasteiger partial charge on any atom is 0.223 e. The molecule has 0 radical (unpaired) electrons. The van der Waals surface area contributed by atoms with Crippen molar-refractivity contribution < 1.29 is 4.79 Å². The van der Waals surface area contributed by atoms with E-state index in [1.165, 1.54) is 0 Å². The topological polar surface area (TPSA) is 73.9 Å². The first kappa shape index (κ1) is 13.1. The molecule has 1 fully saturated rings. The van der Waals surface area contributed by atoms with Crippen LogP contribution in [0.1, 0.15) is 18.7 Å². The first-order valence-electron chi connectivity index (χ1n) is 7.00. The van der Waals surface area contributed by atoms with E-state index in [1.54, 1.807) is 6.20 Å². The highest BCUT2D eigenvalue weighted by Gasteiger charge is 2.22. The predicted molar refractivity (Wildman–Crippen MR) is 76.3 cm³/mol. The molecule has 3 rings (SSSR count). The number of rotatable bonds is 4. The summed E-state index contributed by atoms with van der Waals surface area (Å²) in [5.74, 6) is 0.997. The zero-order chi connectivity index (χ0) is 13.9. The molecule has 0 spiro atoms. The first-order chi connectivity index (χ1) is 9.74. The van der Waals surface area contributed by atoms with Crippen LogP contribution in [-0.4, -0.2) is 51.9 Å². The minimum absolute atomic E-state index is 0.173. The summed E-state index contributed by atoms with van der Waals surface area (Å²) in [4.78, 5) is 25.8. The lowest BCUT2D eigenvalue weighted by Crippen LogP contribution is -2.38. The molecule has 0 bridgehead atoms. The van der Waals surface area contributed by atoms with E-state index in [9.17, 15) is 4.79 Å². The van der Waals surface area contributed by atoms with Gasteiger partial charge in [0.15, 0.2) is 5.65 Å². The van der Waals surface area contributed by atoms with E-state index < -0.39 is 0 Å². The molecule has 0 aliphatic carbocycles. The van der Waals surface area contributed by atoms with Crippen molar-refractivity contribution in [3.63, 3.8) is 0 Å². The van der Waals surface area contributed by atoms with Gasteiger partial charge in [-0.25, -0.2) is 9.97 Å². The Labute approximate surface area is 117 Å². The third kappa shape index (κ3) is 2.65. The van der Waals surface area contributed by atoms with Crippen LogP contribution in [0.5, 0.6) is 0 Å². The molecule has 0 saturated carbocycles. The van der Waals surface area contributed by atoms with Gasteiger partial charge >= 0.3 is 0 Å². The quantitative estimate of drug-likeness (QED) is 0.860. The van der Waals surface area contributed by atoms with Gasteiger partial charge in [0, 0.05) is 38.7 Å². The van der Waals surface area contributed by atoms with Gasteiger partial charge in [-0.2, -0.15) is 0 Å². The molecule has 2 N–H and O–H groups in total. The summed E-state index contributed by atoms with van der Waals surface area (Å²) in [6, 6.07) is 4.15. The molecular weight excluding hydrogens is 254 g/mol. The van der Waals surface area contributed by atoms with Gasteiger partial charge in [0.2, 0.25) is 5.91 Å². The van der Waals surface area contributed by atoms with Crippen molar-refractivity contribution in [2.75, 3.05) is 20.1 Å². The van der Waals surface area contributed by atoms with E-state index in [-0.39, 0.29) is 5.91 Å². The molecule has 2 aromatic rings. The molecular formula is C14H19N5O. The molecule has 2 aromatic heterocycles. The molecule has 1 atom stereocenters. The fourth-order valence-corrected chi connectivity index (χ4v) is 2.59. The fourth-order valence-electron chi connectivity index (χ4n) is 2.59. The number of nitrogens with one attached hydrogen (secondary N) is 2. The molecule has 0 aromatic carbocycles. The third-order valence-electron chi connectivity index (χ3n) is 3.86. The standard InChI is InChI=1S/C14H19N5O/c1-19(10-6-8-15-9-10)13(20)5-4-12-17-11-3-2-7-16-14(11)18-12/h2-3,7,10,15H,4-6,8-9H2,1H3,(H,16,17,18). The molecule has 1 aliphatic rings. The van der Waals surface area contributed by atoms with Crippen LogP contribution in [0.4, 0.5) is 0 Å². The number of hydrogen-bond donors (Lipinski definition) is 2. The van der Waals surface area contributed by atoms with Crippen molar-refractivity contribution in [1.29, 1.82) is 0 Å². The van der Waals surface area contributed by atoms with Crippen LogP contribution in [0.2, 0.25) is 0 Å². The lowest BCUT2D eigenvalue weighted by molar-refractivity contribution is -0.131. The number of aromatic amines is 1. The van der Waals surface area contributed by atoms with Crippen molar-refractivity contribution in [1.82, 2.24) is 25.2 Å². The van der Waals surface area contributed by atoms with Gasteiger partial charge < -0.3 is 15.2 Å². The number of fused-ring (bicyclic) bond motifs is 1. The van der Waals surface area contributed by atoms with E-state index in [0.717, 1.165) is 30.9 Å². The zero-order valence-corrected chi connectivity index (χ0v) is 11.6. The largest absolute Gasteiger partial charge is 0.341 e. The molecule has 1 unspecified atom stereocenters. The Hall–Kier alpha value is -1.95. The number of H-pyrrole nitrogens is 1. The van der Waals surface area contributed by atoms with Crippen LogP contribution in [0.3, 0.4) is 0 Å². The van der Waals surface area contributed by atoms with Crippen molar-refractivity contribution in [2.45, 2.75) is 25.3 Å². The first-order valence-corrected chi connectivity index (χ1v) is 7.00. The number of aromatic nitrogens is 3. The van der Waals surface area contributed by atoms with Crippen molar-refractivity contribution in [2.24, 2.45) is 0 Å². The van der Waals surface area contributed by atoms with Crippen LogP contribution >= 0.6 is 0 Å². The molecule has 106 valence electrons. The Balaban J connectivity index is 1.59. The SMILES string of the molecule is CN(C(=O)CCc1nc2ncccc2[nH]1)C1CCNC1. The Morgan fingerprint density at radius 3 is 3.20 bits per heavy atom. The van der Waals surface area contributed by atoms with Gasteiger partial charge in [0.05, 0.1) is 5.52 Å². The molecule has 6 heteroatoms.